The fourth-order valence-corrected chi connectivity index (χ4v) is 13.2. The summed E-state index contributed by atoms with van der Waals surface area (Å²) in [6, 6.07) is 0. The second kappa shape index (κ2) is 13.7. The topological polar surface area (TPSA) is 196 Å². The van der Waals surface area contributed by atoms with Gasteiger partial charge in [-0.25, -0.2) is 0 Å². The lowest BCUT2D eigenvalue weighted by Crippen LogP contribution is -2.64. The van der Waals surface area contributed by atoms with Crippen LogP contribution in [0.4, 0.5) is 0 Å². The van der Waals surface area contributed by atoms with Crippen molar-refractivity contribution >= 4 is 5.97 Å². The molecule has 2 aliphatic heterocycles. The van der Waals surface area contributed by atoms with Crippen LogP contribution in [0.1, 0.15) is 113 Å². The number of hydrogen-bond acceptors (Lipinski definition) is 12. The number of esters is 1. The monoisotopic (exact) mass is 750 g/mol. The number of aliphatic hydroxyl groups excluding tert-OH is 7. The molecule has 7 rings (SSSR count). The molecule has 5 aliphatic carbocycles. The first-order chi connectivity index (χ1) is 24.7. The molecule has 12 heteroatoms. The fourth-order valence-electron chi connectivity index (χ4n) is 13.2. The Bertz CT molecular complexity index is 1410. The van der Waals surface area contributed by atoms with Gasteiger partial charge in [0, 0.05) is 0 Å². The highest BCUT2D eigenvalue weighted by molar-refractivity contribution is 5.79. The number of allylic oxidation sites excluding steroid dienone is 2. The zero-order valence-electron chi connectivity index (χ0n) is 32.7. The summed E-state index contributed by atoms with van der Waals surface area (Å²) in [6.45, 7) is 15.1. The van der Waals surface area contributed by atoms with Crippen molar-refractivity contribution < 1.29 is 59.5 Å². The van der Waals surface area contributed by atoms with Crippen molar-refractivity contribution in [2.45, 2.75) is 180 Å². The highest BCUT2D eigenvalue weighted by Crippen LogP contribution is 2.72. The van der Waals surface area contributed by atoms with Crippen LogP contribution in [0.3, 0.4) is 0 Å². The molecule has 0 radical (unpaired) electrons. The van der Waals surface area contributed by atoms with E-state index in [-0.39, 0.29) is 33.7 Å². The third-order valence-electron chi connectivity index (χ3n) is 16.4. The van der Waals surface area contributed by atoms with Crippen molar-refractivity contribution in [3.05, 3.63) is 11.6 Å². The van der Waals surface area contributed by atoms with Crippen LogP contribution in [0, 0.1) is 50.7 Å². The number of carbonyl (C=O) groups excluding carboxylic acids is 1. The molecule has 2 heterocycles. The van der Waals surface area contributed by atoms with Gasteiger partial charge in [0.05, 0.1) is 24.2 Å². The van der Waals surface area contributed by atoms with Crippen molar-refractivity contribution in [1.82, 2.24) is 0 Å². The second-order valence-electron chi connectivity index (χ2n) is 20.0. The number of carbonyl (C=O) groups is 1. The number of rotatable bonds is 5. The molecule has 0 amide bonds. The van der Waals surface area contributed by atoms with Gasteiger partial charge in [-0.2, -0.15) is 0 Å². The molecule has 4 saturated carbocycles. The van der Waals surface area contributed by atoms with Crippen molar-refractivity contribution in [2.75, 3.05) is 6.61 Å². The van der Waals surface area contributed by atoms with Crippen LogP contribution in [0.15, 0.2) is 11.6 Å². The minimum absolute atomic E-state index is 0.0195. The zero-order chi connectivity index (χ0) is 38.6. The minimum atomic E-state index is -1.64. The SMILES string of the molecule is C[C@H]1O[C@@H](O[C@H]2CC[C@]3(C)[C@H]4CC=C5[C@@H](CC[C@@]6(C(=O)O[C@@H]7O[C@H](CO)[C@@H](O)[C@H](O)[C@H]7O)CCC(C)(C)C[C@@H]56)[C@]4(C)CC[C@H]3C2(C)C)[C@H](O)[C@@H](O)[C@@H]1O. The van der Waals surface area contributed by atoms with E-state index in [0.717, 1.165) is 51.4 Å². The third-order valence-corrected chi connectivity index (χ3v) is 16.4. The Morgan fingerprint density at radius 3 is 2.09 bits per heavy atom. The lowest BCUT2D eigenvalue weighted by Gasteiger charge is -2.68. The van der Waals surface area contributed by atoms with Gasteiger partial charge >= 0.3 is 5.97 Å². The number of fused-ring (bicyclic) bond motifs is 7. The lowest BCUT2D eigenvalue weighted by molar-refractivity contribution is -0.324. The van der Waals surface area contributed by atoms with E-state index >= 15 is 0 Å². The molecule has 0 bridgehead atoms. The van der Waals surface area contributed by atoms with Crippen molar-refractivity contribution in [1.29, 1.82) is 0 Å². The van der Waals surface area contributed by atoms with E-state index in [1.807, 2.05) is 0 Å². The molecule has 302 valence electrons. The van der Waals surface area contributed by atoms with Gasteiger partial charge < -0.3 is 54.7 Å². The smallest absolute Gasteiger partial charge is 0.315 e. The predicted molar refractivity (Wildman–Crippen MR) is 192 cm³/mol. The van der Waals surface area contributed by atoms with Crippen LogP contribution in [0.5, 0.6) is 0 Å². The molecule has 53 heavy (non-hydrogen) atoms. The van der Waals surface area contributed by atoms with Crippen LogP contribution < -0.4 is 0 Å². The van der Waals surface area contributed by atoms with Gasteiger partial charge in [0.2, 0.25) is 6.29 Å². The van der Waals surface area contributed by atoms with Crippen LogP contribution >= 0.6 is 0 Å². The van der Waals surface area contributed by atoms with Crippen molar-refractivity contribution in [3.63, 3.8) is 0 Å². The van der Waals surface area contributed by atoms with Gasteiger partial charge in [-0.05, 0) is 116 Å². The van der Waals surface area contributed by atoms with Crippen LogP contribution in [0.2, 0.25) is 0 Å². The molecule has 7 aliphatic rings. The summed E-state index contributed by atoms with van der Waals surface area (Å²) in [5.41, 5.74) is 0.388. The summed E-state index contributed by atoms with van der Waals surface area (Å²) in [6.07, 6.45) is -2.12. The maximum absolute atomic E-state index is 14.4. The molecule has 0 spiro atoms. The van der Waals surface area contributed by atoms with Crippen LogP contribution in [0.25, 0.3) is 0 Å². The van der Waals surface area contributed by atoms with Gasteiger partial charge in [0.15, 0.2) is 6.29 Å². The standard InChI is InChI=1S/C41H66O12/c1-20-28(43)30(45)32(47)34(50-20)52-27-12-14-40(7)25(38(27,4)5)11-13-39(6)22-10-15-41(17-16-37(2,3)18-23(41)21(22)8-9-26(39)40)36(49)53-35-33(48)31(46)29(44)24(19-42)51-35/h8,20,22-35,42-48H,9-19H2,1-7H3/t20-,22-,23+,24-,25+,26+,27+,28-,29-,30+,31+,32-,33-,34+,35+,39+,40+,41-/m1/s1. The first kappa shape index (κ1) is 40.0. The first-order valence-corrected chi connectivity index (χ1v) is 20.3. The van der Waals surface area contributed by atoms with Crippen LogP contribution in [-0.4, -0.2) is 116 Å². The van der Waals surface area contributed by atoms with E-state index in [9.17, 15) is 40.5 Å². The Balaban J connectivity index is 1.13. The Hall–Kier alpha value is -1.19. The summed E-state index contributed by atoms with van der Waals surface area (Å²) >= 11 is 0. The molecule has 7 N–H and O–H groups in total. The van der Waals surface area contributed by atoms with Crippen molar-refractivity contribution in [3.8, 4) is 0 Å². The van der Waals surface area contributed by atoms with Crippen molar-refractivity contribution in [2.24, 2.45) is 50.7 Å². The molecule has 0 aromatic rings. The average molecular weight is 751 g/mol. The molecular formula is C41H66O12. The Kier molecular flexibility index (Phi) is 10.4. The van der Waals surface area contributed by atoms with E-state index in [0.29, 0.717) is 30.6 Å². The number of hydrogen-bond donors (Lipinski definition) is 7. The highest BCUT2D eigenvalue weighted by Gasteiger charge is 2.67. The summed E-state index contributed by atoms with van der Waals surface area (Å²) < 4.78 is 24.0. The lowest BCUT2D eigenvalue weighted by atomic mass is 9.37. The molecule has 6 fully saturated rings. The number of ether oxygens (including phenoxy) is 4. The van der Waals surface area contributed by atoms with Gasteiger partial charge in [-0.3, -0.25) is 4.79 Å². The maximum Gasteiger partial charge on any atom is 0.315 e. The highest BCUT2D eigenvalue weighted by atomic mass is 16.7. The summed E-state index contributed by atoms with van der Waals surface area (Å²) in [5.74, 6) is 0.600. The Morgan fingerprint density at radius 2 is 1.40 bits per heavy atom. The van der Waals surface area contributed by atoms with Crippen LogP contribution in [-0.2, 0) is 23.7 Å². The third kappa shape index (κ3) is 6.19. The second-order valence-corrected chi connectivity index (χ2v) is 20.0. The van der Waals surface area contributed by atoms with Gasteiger partial charge in [0.1, 0.15) is 42.7 Å². The molecule has 0 unspecified atom stereocenters. The average Bonchev–Trinajstić information content (AvgIpc) is 3.10. The maximum atomic E-state index is 14.4. The zero-order valence-corrected chi connectivity index (χ0v) is 32.7. The molecule has 2 saturated heterocycles. The fraction of sp³-hybridized carbons (Fsp3) is 0.927. The molecule has 18 atom stereocenters. The summed E-state index contributed by atoms with van der Waals surface area (Å²) in [5, 5.41) is 72.7. The van der Waals surface area contributed by atoms with Gasteiger partial charge in [-0.1, -0.05) is 53.2 Å². The normalized spacial score (nSPS) is 53.2. The largest absolute Gasteiger partial charge is 0.432 e. The quantitative estimate of drug-likeness (QED) is 0.124. The van der Waals surface area contributed by atoms with Gasteiger partial charge in [-0.15, -0.1) is 0 Å². The molecular weight excluding hydrogens is 684 g/mol. The van der Waals surface area contributed by atoms with E-state index in [2.05, 4.69) is 47.6 Å². The Labute approximate surface area is 314 Å². The molecule has 12 nitrogen and oxygen atoms in total. The minimum Gasteiger partial charge on any atom is -0.432 e. The van der Waals surface area contributed by atoms with E-state index in [1.54, 1.807) is 6.92 Å². The predicted octanol–water partition coefficient (Wildman–Crippen LogP) is 2.95. The van der Waals surface area contributed by atoms with Gasteiger partial charge in [0.25, 0.3) is 0 Å². The molecule has 0 aromatic heterocycles. The first-order valence-electron chi connectivity index (χ1n) is 20.3. The van der Waals surface area contributed by atoms with E-state index in [4.69, 9.17) is 18.9 Å². The number of aliphatic hydroxyl groups is 7. The Morgan fingerprint density at radius 1 is 0.736 bits per heavy atom. The summed E-state index contributed by atoms with van der Waals surface area (Å²) in [4.78, 5) is 14.4. The van der Waals surface area contributed by atoms with E-state index in [1.165, 1.54) is 5.57 Å². The molecule has 0 aromatic carbocycles. The van der Waals surface area contributed by atoms with E-state index < -0.39 is 79.4 Å². The summed E-state index contributed by atoms with van der Waals surface area (Å²) in [7, 11) is 0.